The van der Waals surface area contributed by atoms with Crippen molar-refractivity contribution >= 4 is 5.91 Å². The van der Waals surface area contributed by atoms with Gasteiger partial charge >= 0.3 is 0 Å². The zero-order valence-electron chi connectivity index (χ0n) is 12.4. The number of ether oxygens (including phenoxy) is 3. The first kappa shape index (κ1) is 15.6. The van der Waals surface area contributed by atoms with E-state index in [1.807, 2.05) is 25.1 Å². The number of nitrogens with two attached hydrogens (primary N) is 1. The van der Waals surface area contributed by atoms with Crippen LogP contribution in [0.4, 0.5) is 0 Å². The lowest BCUT2D eigenvalue weighted by atomic mass is 10.1. The quantitative estimate of drug-likeness (QED) is 0.742. The average Bonchev–Trinajstić information content (AvgIpc) is 2.94. The number of benzene rings is 1. The van der Waals surface area contributed by atoms with E-state index in [9.17, 15) is 4.79 Å². The number of hydrogen-bond acceptors (Lipinski definition) is 5. The molecule has 1 amide bonds. The Kier molecular flexibility index (Phi) is 5.41. The topological polar surface area (TPSA) is 82.8 Å². The summed E-state index contributed by atoms with van der Waals surface area (Å²) in [5.41, 5.74) is 6.82. The lowest BCUT2D eigenvalue weighted by Crippen LogP contribution is -2.41. The van der Waals surface area contributed by atoms with E-state index in [1.54, 1.807) is 7.11 Å². The fourth-order valence-electron chi connectivity index (χ4n) is 2.16. The van der Waals surface area contributed by atoms with Gasteiger partial charge in [-0.05, 0) is 37.5 Å². The third kappa shape index (κ3) is 4.09. The van der Waals surface area contributed by atoms with Crippen LogP contribution in [0.15, 0.2) is 18.2 Å². The molecule has 0 radical (unpaired) electrons. The molecule has 0 spiro atoms. The predicted octanol–water partition coefficient (Wildman–Crippen LogP) is 1.35. The standard InChI is InChI=1S/C15H22N2O4/c1-10(17-15(18)12(16)4-3-7-19-2)11-5-6-13-14(8-11)21-9-20-13/h5-6,8,10,12H,3-4,7,9,16H2,1-2H3,(H,17,18). The van der Waals surface area contributed by atoms with Crippen LogP contribution in [0, 0.1) is 0 Å². The first-order valence-corrected chi connectivity index (χ1v) is 7.06. The van der Waals surface area contributed by atoms with E-state index in [2.05, 4.69) is 5.32 Å². The molecule has 6 nitrogen and oxygen atoms in total. The minimum Gasteiger partial charge on any atom is -0.454 e. The molecular formula is C15H22N2O4. The Labute approximate surface area is 124 Å². The Morgan fingerprint density at radius 2 is 2.19 bits per heavy atom. The van der Waals surface area contributed by atoms with E-state index in [0.29, 0.717) is 18.8 Å². The summed E-state index contributed by atoms with van der Waals surface area (Å²) in [7, 11) is 1.63. The summed E-state index contributed by atoms with van der Waals surface area (Å²) in [6.07, 6.45) is 1.37. The minimum atomic E-state index is -0.517. The monoisotopic (exact) mass is 294 g/mol. The molecule has 0 aliphatic carbocycles. The summed E-state index contributed by atoms with van der Waals surface area (Å²) in [6, 6.07) is 4.98. The Bertz CT molecular complexity index is 493. The van der Waals surface area contributed by atoms with Crippen LogP contribution >= 0.6 is 0 Å². The molecule has 21 heavy (non-hydrogen) atoms. The molecule has 0 aromatic heterocycles. The molecule has 2 unspecified atom stereocenters. The van der Waals surface area contributed by atoms with Crippen LogP contribution in [0.2, 0.25) is 0 Å². The molecule has 1 aromatic carbocycles. The van der Waals surface area contributed by atoms with Crippen molar-refractivity contribution < 1.29 is 19.0 Å². The number of fused-ring (bicyclic) bond motifs is 1. The second-order valence-electron chi connectivity index (χ2n) is 5.08. The minimum absolute atomic E-state index is 0.138. The highest BCUT2D eigenvalue weighted by molar-refractivity contribution is 5.81. The fraction of sp³-hybridized carbons (Fsp3) is 0.533. The molecule has 0 fully saturated rings. The van der Waals surface area contributed by atoms with Crippen LogP contribution in [-0.2, 0) is 9.53 Å². The second-order valence-corrected chi connectivity index (χ2v) is 5.08. The summed E-state index contributed by atoms with van der Waals surface area (Å²) in [5, 5.41) is 2.91. The maximum atomic E-state index is 12.0. The molecular weight excluding hydrogens is 272 g/mol. The Balaban J connectivity index is 1.88. The number of amides is 1. The van der Waals surface area contributed by atoms with E-state index >= 15 is 0 Å². The van der Waals surface area contributed by atoms with Crippen molar-refractivity contribution in [1.82, 2.24) is 5.32 Å². The molecule has 1 heterocycles. The van der Waals surface area contributed by atoms with Crippen LogP contribution in [0.1, 0.15) is 31.4 Å². The molecule has 0 bridgehead atoms. The number of carbonyl (C=O) groups is 1. The number of nitrogens with one attached hydrogen (secondary N) is 1. The van der Waals surface area contributed by atoms with Gasteiger partial charge in [-0.15, -0.1) is 0 Å². The van der Waals surface area contributed by atoms with Crippen molar-refractivity contribution in [3.63, 3.8) is 0 Å². The highest BCUT2D eigenvalue weighted by Crippen LogP contribution is 2.34. The lowest BCUT2D eigenvalue weighted by molar-refractivity contribution is -0.123. The summed E-state index contributed by atoms with van der Waals surface area (Å²) in [6.45, 7) is 2.76. The van der Waals surface area contributed by atoms with Gasteiger partial charge in [0.05, 0.1) is 12.1 Å². The van der Waals surface area contributed by atoms with E-state index in [1.165, 1.54) is 0 Å². The van der Waals surface area contributed by atoms with E-state index in [4.69, 9.17) is 19.9 Å². The predicted molar refractivity (Wildman–Crippen MR) is 78.2 cm³/mol. The summed E-state index contributed by atoms with van der Waals surface area (Å²) in [4.78, 5) is 12.0. The third-order valence-electron chi connectivity index (χ3n) is 3.46. The van der Waals surface area contributed by atoms with Gasteiger partial charge in [0.25, 0.3) is 0 Å². The molecule has 1 aromatic rings. The molecule has 116 valence electrons. The first-order chi connectivity index (χ1) is 10.1. The second kappa shape index (κ2) is 7.28. The lowest BCUT2D eigenvalue weighted by Gasteiger charge is -2.18. The molecule has 6 heteroatoms. The van der Waals surface area contributed by atoms with Gasteiger partial charge in [0.15, 0.2) is 11.5 Å². The number of carbonyl (C=O) groups excluding carboxylic acids is 1. The van der Waals surface area contributed by atoms with Crippen molar-refractivity contribution in [2.24, 2.45) is 5.73 Å². The van der Waals surface area contributed by atoms with Crippen molar-refractivity contribution in [1.29, 1.82) is 0 Å². The SMILES string of the molecule is COCCCC(N)C(=O)NC(C)c1ccc2c(c1)OCO2. The van der Waals surface area contributed by atoms with Gasteiger partial charge in [-0.2, -0.15) is 0 Å². The number of methoxy groups -OCH3 is 1. The van der Waals surface area contributed by atoms with Gasteiger partial charge in [-0.25, -0.2) is 0 Å². The maximum absolute atomic E-state index is 12.0. The number of hydrogen-bond donors (Lipinski definition) is 2. The molecule has 3 N–H and O–H groups in total. The molecule has 0 saturated carbocycles. The molecule has 2 rings (SSSR count). The van der Waals surface area contributed by atoms with Crippen LogP contribution in [-0.4, -0.2) is 32.5 Å². The van der Waals surface area contributed by atoms with Crippen LogP contribution in [0.3, 0.4) is 0 Å². The highest BCUT2D eigenvalue weighted by atomic mass is 16.7. The third-order valence-corrected chi connectivity index (χ3v) is 3.46. The van der Waals surface area contributed by atoms with Gasteiger partial charge in [-0.1, -0.05) is 6.07 Å². The Hall–Kier alpha value is -1.79. The van der Waals surface area contributed by atoms with Gasteiger partial charge in [0.2, 0.25) is 12.7 Å². The van der Waals surface area contributed by atoms with Crippen molar-refractivity contribution in [2.75, 3.05) is 20.5 Å². The van der Waals surface area contributed by atoms with Gasteiger partial charge in [-0.3, -0.25) is 4.79 Å². The average molecular weight is 294 g/mol. The fourth-order valence-corrected chi connectivity index (χ4v) is 2.16. The molecule has 1 aliphatic rings. The van der Waals surface area contributed by atoms with Crippen molar-refractivity contribution in [2.45, 2.75) is 31.8 Å². The van der Waals surface area contributed by atoms with Gasteiger partial charge in [0.1, 0.15) is 0 Å². The van der Waals surface area contributed by atoms with Crippen molar-refractivity contribution in [3.8, 4) is 11.5 Å². The highest BCUT2D eigenvalue weighted by Gasteiger charge is 2.19. The van der Waals surface area contributed by atoms with Crippen LogP contribution < -0.4 is 20.5 Å². The summed E-state index contributed by atoms with van der Waals surface area (Å²) >= 11 is 0. The Morgan fingerprint density at radius 3 is 2.95 bits per heavy atom. The van der Waals surface area contributed by atoms with Gasteiger partial charge < -0.3 is 25.3 Å². The molecule has 0 saturated heterocycles. The summed E-state index contributed by atoms with van der Waals surface area (Å²) in [5.74, 6) is 1.28. The maximum Gasteiger partial charge on any atom is 0.237 e. The largest absolute Gasteiger partial charge is 0.454 e. The first-order valence-electron chi connectivity index (χ1n) is 7.06. The number of rotatable bonds is 7. The Morgan fingerprint density at radius 1 is 1.43 bits per heavy atom. The summed E-state index contributed by atoms with van der Waals surface area (Å²) < 4.78 is 15.6. The zero-order chi connectivity index (χ0) is 15.2. The molecule has 1 aliphatic heterocycles. The smallest absolute Gasteiger partial charge is 0.237 e. The van der Waals surface area contributed by atoms with E-state index in [-0.39, 0.29) is 18.7 Å². The van der Waals surface area contributed by atoms with Crippen molar-refractivity contribution in [3.05, 3.63) is 23.8 Å². The molecule has 2 atom stereocenters. The van der Waals surface area contributed by atoms with Crippen LogP contribution in [0.5, 0.6) is 11.5 Å². The zero-order valence-corrected chi connectivity index (χ0v) is 12.4. The normalized spacial score (nSPS) is 15.6. The van der Waals surface area contributed by atoms with E-state index in [0.717, 1.165) is 17.7 Å². The van der Waals surface area contributed by atoms with Crippen LogP contribution in [0.25, 0.3) is 0 Å². The van der Waals surface area contributed by atoms with Gasteiger partial charge in [0, 0.05) is 13.7 Å². The van der Waals surface area contributed by atoms with E-state index < -0.39 is 6.04 Å².